The van der Waals surface area contributed by atoms with Crippen molar-refractivity contribution >= 4 is 34.1 Å². The molecule has 0 atom stereocenters. The zero-order valence-corrected chi connectivity index (χ0v) is 11.4. The molecule has 3 rings (SSSR count). The molecule has 0 saturated carbocycles. The Kier molecular flexibility index (Phi) is 3.11. The first-order valence-corrected chi connectivity index (χ1v) is 6.84. The second kappa shape index (κ2) is 4.93. The number of oxazole rings is 1. The van der Waals surface area contributed by atoms with Gasteiger partial charge >= 0.3 is 0 Å². The summed E-state index contributed by atoms with van der Waals surface area (Å²) >= 11 is 1.64. The first-order chi connectivity index (χ1) is 9.65. The van der Waals surface area contributed by atoms with Crippen LogP contribution in [0.2, 0.25) is 0 Å². The Morgan fingerprint density at radius 1 is 1.45 bits per heavy atom. The van der Waals surface area contributed by atoms with E-state index < -0.39 is 4.92 Å². The maximum Gasteiger partial charge on any atom is 0.298 e. The molecule has 0 aliphatic carbocycles. The number of anilines is 1. The van der Waals surface area contributed by atoms with Crippen LogP contribution in [-0.2, 0) is 6.54 Å². The van der Waals surface area contributed by atoms with Gasteiger partial charge in [0.2, 0.25) is 0 Å². The largest absolute Gasteiger partial charge is 0.423 e. The first-order valence-electron chi connectivity index (χ1n) is 5.96. The number of nitro groups is 1. The monoisotopic (exact) mass is 289 g/mol. The molecule has 20 heavy (non-hydrogen) atoms. The number of nitrogens with zero attached hydrogens (tertiary/aromatic N) is 2. The Hall–Kier alpha value is -2.41. The molecule has 0 spiro atoms. The lowest BCUT2D eigenvalue weighted by Crippen LogP contribution is -1.98. The molecular formula is C13H11N3O3S. The number of aromatic nitrogens is 1. The van der Waals surface area contributed by atoms with Crippen LogP contribution in [-0.4, -0.2) is 9.91 Å². The zero-order chi connectivity index (χ0) is 14.1. The summed E-state index contributed by atoms with van der Waals surface area (Å²) in [4.78, 5) is 15.8. The van der Waals surface area contributed by atoms with Gasteiger partial charge in [0.05, 0.1) is 11.5 Å². The fourth-order valence-electron chi connectivity index (χ4n) is 1.90. The lowest BCUT2D eigenvalue weighted by atomic mass is 10.3. The Labute approximate surface area is 118 Å². The van der Waals surface area contributed by atoms with E-state index in [4.69, 9.17) is 4.42 Å². The summed E-state index contributed by atoms with van der Waals surface area (Å²) in [6.45, 7) is 2.62. The highest BCUT2D eigenvalue weighted by Crippen LogP contribution is 2.27. The minimum absolute atomic E-state index is 0.0494. The van der Waals surface area contributed by atoms with Crippen molar-refractivity contribution in [1.29, 1.82) is 0 Å². The van der Waals surface area contributed by atoms with E-state index in [9.17, 15) is 10.1 Å². The topological polar surface area (TPSA) is 81.2 Å². The quantitative estimate of drug-likeness (QED) is 0.584. The van der Waals surface area contributed by atoms with Gasteiger partial charge in [0.25, 0.3) is 11.7 Å². The molecule has 0 aliphatic heterocycles. The molecule has 6 nitrogen and oxygen atoms in total. The van der Waals surface area contributed by atoms with E-state index in [1.54, 1.807) is 23.5 Å². The summed E-state index contributed by atoms with van der Waals surface area (Å²) in [5.74, 6) is 0. The van der Waals surface area contributed by atoms with Crippen molar-refractivity contribution in [1.82, 2.24) is 4.98 Å². The molecule has 102 valence electrons. The Bertz CT molecular complexity index is 778. The average Bonchev–Trinajstić information content (AvgIpc) is 3.01. The smallest absolute Gasteiger partial charge is 0.298 e. The second-order valence-corrected chi connectivity index (χ2v) is 5.28. The molecule has 0 saturated heterocycles. The highest BCUT2D eigenvalue weighted by molar-refractivity contribution is 7.10. The molecular weight excluding hydrogens is 278 g/mol. The Balaban J connectivity index is 1.88. The minimum Gasteiger partial charge on any atom is -0.423 e. The van der Waals surface area contributed by atoms with E-state index in [0.29, 0.717) is 18.1 Å². The number of rotatable bonds is 4. The molecule has 1 aromatic carbocycles. The van der Waals surface area contributed by atoms with Gasteiger partial charge in [-0.3, -0.25) is 10.1 Å². The van der Waals surface area contributed by atoms with E-state index in [2.05, 4.69) is 10.3 Å². The second-order valence-electron chi connectivity index (χ2n) is 4.28. The molecule has 0 unspecified atom stereocenters. The highest BCUT2D eigenvalue weighted by atomic mass is 32.1. The van der Waals surface area contributed by atoms with Gasteiger partial charge in [-0.2, -0.15) is 4.98 Å². The zero-order valence-electron chi connectivity index (χ0n) is 10.6. The van der Waals surface area contributed by atoms with Gasteiger partial charge < -0.3 is 9.73 Å². The van der Waals surface area contributed by atoms with Crippen LogP contribution in [0.5, 0.6) is 0 Å². The molecule has 0 amide bonds. The van der Waals surface area contributed by atoms with E-state index >= 15 is 0 Å². The summed E-state index contributed by atoms with van der Waals surface area (Å²) < 4.78 is 5.47. The molecule has 1 N–H and O–H groups in total. The number of nitrogens with one attached hydrogen (secondary N) is 1. The first kappa shape index (κ1) is 12.6. The number of fused-ring (bicyclic) bond motifs is 1. The summed E-state index contributed by atoms with van der Waals surface area (Å²) in [7, 11) is 0. The number of thiophene rings is 1. The van der Waals surface area contributed by atoms with Crippen LogP contribution in [0.1, 0.15) is 10.4 Å². The number of benzene rings is 1. The van der Waals surface area contributed by atoms with Crippen molar-refractivity contribution in [3.8, 4) is 0 Å². The van der Waals surface area contributed by atoms with Gasteiger partial charge in [0, 0.05) is 10.9 Å². The Morgan fingerprint density at radius 2 is 2.30 bits per heavy atom. The normalized spacial score (nSPS) is 10.8. The molecule has 0 radical (unpaired) electrons. The fourth-order valence-corrected chi connectivity index (χ4v) is 2.74. The van der Waals surface area contributed by atoms with Gasteiger partial charge in [-0.15, -0.1) is 11.3 Å². The van der Waals surface area contributed by atoms with Crippen LogP contribution in [0.15, 0.2) is 34.1 Å². The van der Waals surface area contributed by atoms with Gasteiger partial charge in [0.15, 0.2) is 11.1 Å². The predicted octanol–water partition coefficient (Wildman–Crippen LogP) is 3.72. The number of hydrogen-bond acceptors (Lipinski definition) is 6. The number of non-ortho nitro benzene ring substituents is 1. The average molecular weight is 289 g/mol. The standard InChI is InChI=1S/C13H11N3O3S/c1-8-5-6-20-11(8)7-14-13-15-12-9(16(17)18)3-2-4-10(12)19-13/h2-6H,7H2,1H3,(H,14,15). The van der Waals surface area contributed by atoms with Gasteiger partial charge in [-0.1, -0.05) is 6.07 Å². The number of para-hydroxylation sites is 1. The van der Waals surface area contributed by atoms with Gasteiger partial charge in [-0.25, -0.2) is 0 Å². The van der Waals surface area contributed by atoms with Crippen LogP contribution in [0.4, 0.5) is 11.7 Å². The third-order valence-electron chi connectivity index (χ3n) is 2.96. The molecule has 3 aromatic rings. The third-order valence-corrected chi connectivity index (χ3v) is 3.99. The summed E-state index contributed by atoms with van der Waals surface area (Å²) in [5, 5.41) is 16.0. The van der Waals surface area contributed by atoms with Crippen LogP contribution in [0.3, 0.4) is 0 Å². The van der Waals surface area contributed by atoms with Gasteiger partial charge in [0.1, 0.15) is 0 Å². The molecule has 2 heterocycles. The minimum atomic E-state index is -0.460. The maximum atomic E-state index is 10.9. The summed E-state index contributed by atoms with van der Waals surface area (Å²) in [6, 6.07) is 6.99. The lowest BCUT2D eigenvalue weighted by molar-refractivity contribution is -0.383. The van der Waals surface area contributed by atoms with Crippen LogP contribution >= 0.6 is 11.3 Å². The van der Waals surface area contributed by atoms with E-state index in [-0.39, 0.29) is 11.2 Å². The van der Waals surface area contributed by atoms with E-state index in [1.165, 1.54) is 16.5 Å². The lowest BCUT2D eigenvalue weighted by Gasteiger charge is -1.99. The number of aryl methyl sites for hydroxylation is 1. The van der Waals surface area contributed by atoms with Crippen molar-refractivity contribution in [2.24, 2.45) is 0 Å². The molecule has 2 aromatic heterocycles. The van der Waals surface area contributed by atoms with Crippen molar-refractivity contribution in [3.63, 3.8) is 0 Å². The third kappa shape index (κ3) is 2.23. The van der Waals surface area contributed by atoms with Crippen molar-refractivity contribution in [3.05, 3.63) is 50.2 Å². The summed E-state index contributed by atoms with van der Waals surface area (Å²) in [6.07, 6.45) is 0. The maximum absolute atomic E-state index is 10.9. The molecule has 0 fully saturated rings. The molecule has 0 bridgehead atoms. The number of nitro benzene ring substituents is 1. The van der Waals surface area contributed by atoms with Crippen LogP contribution < -0.4 is 5.32 Å². The molecule has 0 aliphatic rings. The van der Waals surface area contributed by atoms with Crippen LogP contribution in [0, 0.1) is 17.0 Å². The van der Waals surface area contributed by atoms with Crippen molar-refractivity contribution in [2.45, 2.75) is 13.5 Å². The number of hydrogen-bond donors (Lipinski definition) is 1. The predicted molar refractivity (Wildman–Crippen MR) is 77.0 cm³/mol. The van der Waals surface area contributed by atoms with Crippen LogP contribution in [0.25, 0.3) is 11.1 Å². The SMILES string of the molecule is Cc1ccsc1CNc1nc2c([N+](=O)[O-])cccc2o1. The Morgan fingerprint density at radius 3 is 3.00 bits per heavy atom. The van der Waals surface area contributed by atoms with E-state index in [1.807, 2.05) is 18.4 Å². The van der Waals surface area contributed by atoms with E-state index in [0.717, 1.165) is 0 Å². The van der Waals surface area contributed by atoms with Crippen molar-refractivity contribution in [2.75, 3.05) is 5.32 Å². The molecule has 7 heteroatoms. The highest BCUT2D eigenvalue weighted by Gasteiger charge is 2.17. The fraction of sp³-hybridized carbons (Fsp3) is 0.154. The van der Waals surface area contributed by atoms with Gasteiger partial charge in [-0.05, 0) is 30.0 Å². The van der Waals surface area contributed by atoms with Crippen molar-refractivity contribution < 1.29 is 9.34 Å². The summed E-state index contributed by atoms with van der Waals surface area (Å²) in [5.41, 5.74) is 1.82.